The standard InChI is InChI=1S/C2H4O2.H2O/c1-2(3)4;/h1H3,(H,3,4);1H2/p-2. The molecule has 0 amide bonds. The molecule has 0 aliphatic carbocycles. The van der Waals surface area contributed by atoms with Crippen molar-refractivity contribution in [3.05, 3.63) is 0 Å². The van der Waals surface area contributed by atoms with E-state index in [0.29, 0.717) is 0 Å². The Labute approximate surface area is 29.5 Å². The smallest absolute Gasteiger partial charge is 0.0383 e. The van der Waals surface area contributed by atoms with Crippen LogP contribution in [0.4, 0.5) is 0 Å². The Balaban J connectivity index is 0. The molecule has 0 aromatic heterocycles. The van der Waals surface area contributed by atoms with Crippen molar-refractivity contribution in [1.82, 2.24) is 0 Å². The van der Waals surface area contributed by atoms with Crippen LogP contribution < -0.4 is 5.11 Å². The van der Waals surface area contributed by atoms with Crippen LogP contribution in [0.1, 0.15) is 6.92 Å². The maximum Gasteiger partial charge on any atom is 0.0383 e. The summed E-state index contributed by atoms with van der Waals surface area (Å²) in [7, 11) is 0. The molecule has 0 unspecified atom stereocenters. The van der Waals surface area contributed by atoms with Gasteiger partial charge < -0.3 is 15.4 Å². The molecule has 0 radical (unpaired) electrons. The van der Waals surface area contributed by atoms with Gasteiger partial charge in [0.05, 0.1) is 0 Å². The molecule has 3 heteroatoms. The summed E-state index contributed by atoms with van der Waals surface area (Å²) < 4.78 is 0. The van der Waals surface area contributed by atoms with Crippen molar-refractivity contribution >= 4 is 5.97 Å². The van der Waals surface area contributed by atoms with E-state index >= 15 is 0 Å². The molecule has 0 fully saturated rings. The third-order valence-corrected chi connectivity index (χ3v) is 0. The van der Waals surface area contributed by atoms with Crippen LogP contribution in [0.2, 0.25) is 0 Å². The number of carboxylic acids is 1. The number of rotatable bonds is 0. The minimum atomic E-state index is -1.08. The van der Waals surface area contributed by atoms with E-state index in [4.69, 9.17) is 9.90 Å². The summed E-state index contributed by atoms with van der Waals surface area (Å²) in [5.41, 5.74) is 0. The van der Waals surface area contributed by atoms with Crippen LogP contribution in [0, 0.1) is 0 Å². The first-order chi connectivity index (χ1) is 1.73. The minimum Gasteiger partial charge on any atom is -0.870 e. The van der Waals surface area contributed by atoms with Gasteiger partial charge in [-0.05, 0) is 6.92 Å². The van der Waals surface area contributed by atoms with E-state index in [1.54, 1.807) is 0 Å². The summed E-state index contributed by atoms with van der Waals surface area (Å²) in [6.45, 7) is 0.972. The van der Waals surface area contributed by atoms with Gasteiger partial charge >= 0.3 is 0 Å². The van der Waals surface area contributed by atoms with E-state index in [-0.39, 0.29) is 5.48 Å². The van der Waals surface area contributed by atoms with Gasteiger partial charge in [-0.3, -0.25) is 0 Å². The first-order valence-corrected chi connectivity index (χ1v) is 0.908. The third kappa shape index (κ3) is 21.6. The van der Waals surface area contributed by atoms with Crippen LogP contribution in [0.3, 0.4) is 0 Å². The van der Waals surface area contributed by atoms with Gasteiger partial charge in [0.2, 0.25) is 0 Å². The first kappa shape index (κ1) is 8.83. The zero-order chi connectivity index (χ0) is 3.58. The van der Waals surface area contributed by atoms with Crippen LogP contribution in [0.15, 0.2) is 0 Å². The number of aliphatic carboxylic acids is 1. The van der Waals surface area contributed by atoms with Crippen molar-refractivity contribution in [3.8, 4) is 0 Å². The van der Waals surface area contributed by atoms with Crippen LogP contribution in [0.25, 0.3) is 0 Å². The van der Waals surface area contributed by atoms with E-state index in [2.05, 4.69) is 0 Å². The van der Waals surface area contributed by atoms with Gasteiger partial charge in [0.15, 0.2) is 0 Å². The summed E-state index contributed by atoms with van der Waals surface area (Å²) in [6.07, 6.45) is 0. The van der Waals surface area contributed by atoms with Crippen molar-refractivity contribution in [3.63, 3.8) is 0 Å². The van der Waals surface area contributed by atoms with Crippen molar-refractivity contribution < 1.29 is 15.4 Å². The molecule has 0 heterocycles. The number of hydrogen-bond donors (Lipinski definition) is 0. The molecule has 32 valence electrons. The highest BCUT2D eigenvalue weighted by Crippen LogP contribution is 1.31. The van der Waals surface area contributed by atoms with Crippen molar-refractivity contribution in [1.29, 1.82) is 0 Å². The Bertz CT molecular complexity index is 27.9. The maximum atomic E-state index is 8.89. The Hall–Kier alpha value is -0.570. The molecule has 3 nitrogen and oxygen atoms in total. The fraction of sp³-hybridized carbons (Fsp3) is 0.500. The highest BCUT2D eigenvalue weighted by Gasteiger charge is 1.46. The molecule has 0 saturated carbocycles. The lowest BCUT2D eigenvalue weighted by Gasteiger charge is -1.77. The number of carboxylic acid groups (broad SMARTS) is 1. The van der Waals surface area contributed by atoms with Crippen molar-refractivity contribution in [2.24, 2.45) is 0 Å². The van der Waals surface area contributed by atoms with Crippen LogP contribution in [-0.4, -0.2) is 11.4 Å². The molecule has 0 aliphatic rings. The lowest BCUT2D eigenvalue weighted by molar-refractivity contribution is -0.302. The lowest BCUT2D eigenvalue weighted by Crippen LogP contribution is -2.16. The topological polar surface area (TPSA) is 70.1 Å². The molecular formula is C2H4O3-2. The van der Waals surface area contributed by atoms with Crippen molar-refractivity contribution in [2.45, 2.75) is 6.92 Å². The summed E-state index contributed by atoms with van der Waals surface area (Å²) >= 11 is 0. The largest absolute Gasteiger partial charge is 0.870 e. The Morgan fingerprint density at radius 3 is 1.80 bits per heavy atom. The average molecular weight is 76.1 g/mol. The fourth-order valence-electron chi connectivity index (χ4n) is 0. The molecule has 0 atom stereocenters. The minimum absolute atomic E-state index is 0. The lowest BCUT2D eigenvalue weighted by atomic mass is 10.9. The molecule has 0 bridgehead atoms. The molecule has 1 N–H and O–H groups in total. The average Bonchev–Trinajstić information content (AvgIpc) is 0.811. The second kappa shape index (κ2) is 3.43. The van der Waals surface area contributed by atoms with E-state index in [1.165, 1.54) is 0 Å². The molecular weight excluding hydrogens is 72.0 g/mol. The number of hydrogen-bond acceptors (Lipinski definition) is 3. The van der Waals surface area contributed by atoms with Crippen LogP contribution in [0.5, 0.6) is 0 Å². The third-order valence-electron chi connectivity index (χ3n) is 0. The fourth-order valence-corrected chi connectivity index (χ4v) is 0. The zero-order valence-corrected chi connectivity index (χ0v) is 2.76. The van der Waals surface area contributed by atoms with E-state index < -0.39 is 5.97 Å². The highest BCUT2D eigenvalue weighted by molar-refractivity contribution is 5.60. The molecule has 0 aromatic carbocycles. The monoisotopic (exact) mass is 76.0 g/mol. The van der Waals surface area contributed by atoms with Crippen LogP contribution >= 0.6 is 0 Å². The summed E-state index contributed by atoms with van der Waals surface area (Å²) in [5, 5.41) is 8.89. The first-order valence-electron chi connectivity index (χ1n) is 0.908. The van der Waals surface area contributed by atoms with Crippen molar-refractivity contribution in [2.75, 3.05) is 0 Å². The summed E-state index contributed by atoms with van der Waals surface area (Å²) in [5.74, 6) is -1.08. The molecule has 0 saturated heterocycles. The van der Waals surface area contributed by atoms with Gasteiger partial charge in [-0.1, -0.05) is 0 Å². The molecule has 0 rings (SSSR count). The quantitative estimate of drug-likeness (QED) is 0.355. The zero-order valence-electron chi connectivity index (χ0n) is 2.76. The molecule has 0 aromatic rings. The Morgan fingerprint density at radius 1 is 1.80 bits per heavy atom. The second-order valence-corrected chi connectivity index (χ2v) is 0.492. The van der Waals surface area contributed by atoms with Gasteiger partial charge in [0, 0.05) is 5.97 Å². The molecule has 0 aliphatic heterocycles. The maximum absolute atomic E-state index is 8.89. The molecule has 5 heavy (non-hydrogen) atoms. The van der Waals surface area contributed by atoms with Gasteiger partial charge in [0.1, 0.15) is 0 Å². The van der Waals surface area contributed by atoms with Gasteiger partial charge in [-0.2, -0.15) is 0 Å². The summed E-state index contributed by atoms with van der Waals surface area (Å²) in [4.78, 5) is 8.89. The number of carbonyl (C=O) groups excluding carboxylic acids is 1. The van der Waals surface area contributed by atoms with Gasteiger partial charge in [-0.15, -0.1) is 0 Å². The van der Waals surface area contributed by atoms with Gasteiger partial charge in [0.25, 0.3) is 0 Å². The predicted molar refractivity (Wildman–Crippen MR) is 12.6 cm³/mol. The van der Waals surface area contributed by atoms with Crippen LogP contribution in [-0.2, 0) is 4.79 Å². The van der Waals surface area contributed by atoms with E-state index in [0.717, 1.165) is 6.92 Å². The second-order valence-electron chi connectivity index (χ2n) is 0.492. The highest BCUT2D eigenvalue weighted by atomic mass is 16.4. The van der Waals surface area contributed by atoms with E-state index in [1.807, 2.05) is 0 Å². The normalized spacial score (nSPS) is 5.00. The Kier molecular flexibility index (Phi) is 6.05. The SMILES string of the molecule is CC(=O)[O-].[OH-]. The predicted octanol–water partition coefficient (Wildman–Crippen LogP) is -1.42. The van der Waals surface area contributed by atoms with E-state index in [9.17, 15) is 0 Å². The Morgan fingerprint density at radius 2 is 1.80 bits per heavy atom. The number of carbonyl (C=O) groups is 1. The van der Waals surface area contributed by atoms with Gasteiger partial charge in [-0.25, -0.2) is 0 Å². The molecule has 0 spiro atoms. The summed E-state index contributed by atoms with van der Waals surface area (Å²) in [6, 6.07) is 0.